The van der Waals surface area contributed by atoms with Crippen molar-refractivity contribution in [2.75, 3.05) is 9.80 Å². The van der Waals surface area contributed by atoms with Crippen molar-refractivity contribution >= 4 is 72.0 Å². The van der Waals surface area contributed by atoms with E-state index >= 15 is 0 Å². The van der Waals surface area contributed by atoms with Crippen molar-refractivity contribution in [2.45, 2.75) is 13.3 Å². The molecule has 74 heavy (non-hydrogen) atoms. The third-order valence-electron chi connectivity index (χ3n) is 14.3. The molecule has 0 radical (unpaired) electrons. The van der Waals surface area contributed by atoms with Crippen LogP contribution in [0.3, 0.4) is 0 Å². The zero-order valence-corrected chi connectivity index (χ0v) is 40.9. The number of allylic oxidation sites excluding steroid dienone is 4. The van der Waals surface area contributed by atoms with Gasteiger partial charge in [0.25, 0.3) is 0 Å². The summed E-state index contributed by atoms with van der Waals surface area (Å²) >= 11 is 0. The molecule has 0 bridgehead atoms. The Labute approximate surface area is 431 Å². The summed E-state index contributed by atoms with van der Waals surface area (Å²) in [7, 11) is 0. The van der Waals surface area contributed by atoms with Crippen LogP contribution in [0.25, 0.3) is 60.1 Å². The van der Waals surface area contributed by atoms with Crippen molar-refractivity contribution < 1.29 is 9.47 Å². The second-order valence-corrected chi connectivity index (χ2v) is 18.7. The molecule has 2 heterocycles. The summed E-state index contributed by atoms with van der Waals surface area (Å²) in [4.78, 5) is 4.67. The van der Waals surface area contributed by atoms with E-state index in [4.69, 9.17) is 9.47 Å². The lowest BCUT2D eigenvalue weighted by molar-refractivity contribution is 0.477. The van der Waals surface area contributed by atoms with Gasteiger partial charge in [-0.1, -0.05) is 200 Å². The Kier molecular flexibility index (Phi) is 11.5. The van der Waals surface area contributed by atoms with Gasteiger partial charge in [0.15, 0.2) is 23.0 Å². The Hall–Kier alpha value is -9.64. The number of rotatable bonds is 8. The maximum absolute atomic E-state index is 6.57. The molecule has 0 amide bonds. The molecule has 0 N–H and O–H groups in total. The van der Waals surface area contributed by atoms with Gasteiger partial charge in [0.05, 0.1) is 22.7 Å². The van der Waals surface area contributed by atoms with Gasteiger partial charge in [-0.15, -0.1) is 0 Å². The minimum absolute atomic E-state index is 0.691. The highest BCUT2D eigenvalue weighted by molar-refractivity contribution is 6.08. The topological polar surface area (TPSA) is 24.9 Å². The number of para-hydroxylation sites is 8. The van der Waals surface area contributed by atoms with E-state index in [0.717, 1.165) is 90.1 Å². The summed E-state index contributed by atoms with van der Waals surface area (Å²) in [6.07, 6.45) is 7.30. The summed E-state index contributed by atoms with van der Waals surface area (Å²) in [6.45, 7) is 2.09. The van der Waals surface area contributed by atoms with Crippen LogP contribution in [0.4, 0.5) is 34.1 Å². The Morgan fingerprint density at radius 2 is 0.824 bits per heavy atom. The van der Waals surface area contributed by atoms with Crippen molar-refractivity contribution in [1.82, 2.24) is 0 Å². The molecule has 0 saturated carbocycles. The predicted molar refractivity (Wildman–Crippen MR) is 310 cm³/mol. The standard InChI is InChI=1S/C70H50N2O2/c1-2-3-21-51(46-50-26-18-24-48-22-4-6-28-54(48)50)56-32-20-27-52(71-63-34-10-14-38-67(63)73-68-39-15-11-35-64(68)71)42-44-60(59-31-9-8-30-58(59)57-33-19-25-49-23-5-7-29-55(49)57)61-45-43-53(47-62(56)61)72-65-36-12-16-40-69(65)74-70-41-17-13-37-66(70)72/h2-45,47H,46H2,1H3/b3-2-,27-20?,32-20?,44-42?,51-21+,52-27?,52-42?,56-32?,60-44?,61-60?,62-56?. The highest BCUT2D eigenvalue weighted by Crippen LogP contribution is 2.53. The van der Waals surface area contributed by atoms with Gasteiger partial charge in [-0.05, 0) is 157 Å². The minimum atomic E-state index is 0.691. The number of hydrogen-bond acceptors (Lipinski definition) is 4. The van der Waals surface area contributed by atoms with Crippen LogP contribution in [-0.4, -0.2) is 0 Å². The first-order chi connectivity index (χ1) is 36.7. The predicted octanol–water partition coefficient (Wildman–Crippen LogP) is 20.0. The van der Waals surface area contributed by atoms with Crippen LogP contribution in [0.2, 0.25) is 0 Å². The normalized spacial score (nSPS) is 12.6. The van der Waals surface area contributed by atoms with Crippen molar-refractivity contribution in [1.29, 1.82) is 0 Å². The van der Waals surface area contributed by atoms with Gasteiger partial charge in [0.2, 0.25) is 0 Å². The van der Waals surface area contributed by atoms with Crippen molar-refractivity contribution in [2.24, 2.45) is 0 Å². The first-order valence-electron chi connectivity index (χ1n) is 25.3. The molecule has 0 fully saturated rings. The van der Waals surface area contributed by atoms with Crippen molar-refractivity contribution in [3.05, 3.63) is 284 Å². The first kappa shape index (κ1) is 44.3. The van der Waals surface area contributed by atoms with Crippen LogP contribution in [-0.2, 0) is 6.42 Å². The van der Waals surface area contributed by atoms with E-state index in [0.29, 0.717) is 6.42 Å². The summed E-state index contributed by atoms with van der Waals surface area (Å²) in [5.41, 5.74) is 14.0. The van der Waals surface area contributed by atoms with E-state index in [-0.39, 0.29) is 0 Å². The molecule has 0 spiro atoms. The quantitative estimate of drug-likeness (QED) is 0.142. The van der Waals surface area contributed by atoms with Crippen LogP contribution in [0.15, 0.2) is 273 Å². The lowest BCUT2D eigenvalue weighted by atomic mass is 9.87. The molecule has 2 aliphatic rings. The van der Waals surface area contributed by atoms with Gasteiger partial charge < -0.3 is 19.3 Å². The second-order valence-electron chi connectivity index (χ2n) is 18.7. The average molecular weight is 951 g/mol. The van der Waals surface area contributed by atoms with Crippen LogP contribution >= 0.6 is 0 Å². The van der Waals surface area contributed by atoms with Crippen LogP contribution in [0.5, 0.6) is 23.0 Å². The van der Waals surface area contributed by atoms with Gasteiger partial charge in [-0.3, -0.25) is 0 Å². The second kappa shape index (κ2) is 19.2. The third-order valence-corrected chi connectivity index (χ3v) is 14.3. The molecule has 0 aromatic heterocycles. The van der Waals surface area contributed by atoms with E-state index < -0.39 is 0 Å². The molecular weight excluding hydrogens is 901 g/mol. The molecule has 0 aliphatic carbocycles. The van der Waals surface area contributed by atoms with Crippen LogP contribution in [0, 0.1) is 0 Å². The number of benzene rings is 10. The Balaban J connectivity index is 1.16. The van der Waals surface area contributed by atoms with E-state index in [2.05, 4.69) is 253 Å². The maximum atomic E-state index is 6.57. The fourth-order valence-corrected chi connectivity index (χ4v) is 10.9. The maximum Gasteiger partial charge on any atom is 0.151 e. The number of ether oxygens (including phenoxy) is 2. The summed E-state index contributed by atoms with van der Waals surface area (Å²) in [6, 6.07) is 91.4. The van der Waals surface area contributed by atoms with Gasteiger partial charge in [-0.25, -0.2) is 0 Å². The summed E-state index contributed by atoms with van der Waals surface area (Å²) < 4.78 is 13.1. The number of hydrogen-bond donors (Lipinski definition) is 0. The van der Waals surface area contributed by atoms with Crippen LogP contribution in [0.1, 0.15) is 18.1 Å². The molecule has 4 heteroatoms. The molecule has 0 atom stereocenters. The summed E-state index contributed by atoms with van der Waals surface area (Å²) in [5, 5.41) is 7.07. The highest BCUT2D eigenvalue weighted by atomic mass is 16.5. The fraction of sp³-hybridized carbons (Fsp3) is 0.0286. The van der Waals surface area contributed by atoms with Crippen LogP contribution < -0.4 is 19.3 Å². The van der Waals surface area contributed by atoms with Gasteiger partial charge in [0, 0.05) is 11.4 Å². The molecule has 2 aliphatic heterocycles. The zero-order valence-electron chi connectivity index (χ0n) is 40.9. The molecule has 4 nitrogen and oxygen atoms in total. The van der Waals surface area contributed by atoms with Crippen molar-refractivity contribution in [3.63, 3.8) is 0 Å². The van der Waals surface area contributed by atoms with E-state index in [1.54, 1.807) is 0 Å². The molecule has 352 valence electrons. The fourth-order valence-electron chi connectivity index (χ4n) is 10.9. The molecule has 0 saturated heterocycles. The Morgan fingerprint density at radius 3 is 1.45 bits per heavy atom. The lowest BCUT2D eigenvalue weighted by Crippen LogP contribution is -2.15. The largest absolute Gasteiger partial charge is 0.453 e. The smallest absolute Gasteiger partial charge is 0.151 e. The molecule has 11 aromatic carbocycles. The zero-order chi connectivity index (χ0) is 49.4. The Bertz CT molecular complexity index is 4010. The SMILES string of the molecule is C/C=C\C=C(/Cc1cccc2ccccc12)c1cccc(N2c3ccccc3Oc3ccccc32)ccc(-c2ccccc2-c2cccc3ccccc23)c2ccc(N3c4ccccc4Oc4ccccc43)cc12. The van der Waals surface area contributed by atoms with E-state index in [9.17, 15) is 0 Å². The number of fused-ring (bicyclic) bond motifs is 7. The highest BCUT2D eigenvalue weighted by Gasteiger charge is 2.28. The van der Waals surface area contributed by atoms with E-state index in [1.165, 1.54) is 38.2 Å². The molecule has 13 rings (SSSR count). The van der Waals surface area contributed by atoms with Gasteiger partial charge in [-0.2, -0.15) is 0 Å². The lowest BCUT2D eigenvalue weighted by Gasteiger charge is -2.33. The Morgan fingerprint density at radius 1 is 0.365 bits per heavy atom. The molecule has 11 aromatic rings. The molecule has 0 unspecified atom stereocenters. The van der Waals surface area contributed by atoms with Gasteiger partial charge in [0.1, 0.15) is 0 Å². The third kappa shape index (κ3) is 8.00. The first-order valence-corrected chi connectivity index (χ1v) is 25.3. The monoisotopic (exact) mass is 950 g/mol. The van der Waals surface area contributed by atoms with Crippen molar-refractivity contribution in [3.8, 4) is 45.3 Å². The van der Waals surface area contributed by atoms with Gasteiger partial charge >= 0.3 is 0 Å². The average Bonchev–Trinajstić information content (AvgIpc) is 3.46. The number of anilines is 6. The number of nitrogens with zero attached hydrogens (tertiary/aromatic N) is 2. The summed E-state index contributed by atoms with van der Waals surface area (Å²) in [5.74, 6) is 3.22. The van der Waals surface area contributed by atoms with E-state index in [1.807, 2.05) is 36.4 Å². The molecular formula is C70H50N2O2. The minimum Gasteiger partial charge on any atom is -0.453 e.